The minimum atomic E-state index is -0.104. The third kappa shape index (κ3) is 4.22. The minimum absolute atomic E-state index is 0.0956. The Morgan fingerprint density at radius 1 is 1.22 bits per heavy atom. The summed E-state index contributed by atoms with van der Waals surface area (Å²) in [5.74, 6) is 3.22. The Kier molecular flexibility index (Phi) is 4.99. The van der Waals surface area contributed by atoms with Crippen LogP contribution in [0.2, 0.25) is 0 Å². The largest absolute Gasteiger partial charge is 0.464 e. The maximum absolute atomic E-state index is 12.5. The third-order valence-electron chi connectivity index (χ3n) is 5.31. The second-order valence-electron chi connectivity index (χ2n) is 7.50. The van der Waals surface area contributed by atoms with Gasteiger partial charge in [-0.2, -0.15) is 0 Å². The zero-order valence-electron chi connectivity index (χ0n) is 15.5. The van der Waals surface area contributed by atoms with Crippen molar-refractivity contribution >= 4 is 11.8 Å². The average molecular weight is 367 g/mol. The third-order valence-corrected chi connectivity index (χ3v) is 5.31. The van der Waals surface area contributed by atoms with Crippen molar-refractivity contribution < 1.29 is 14.0 Å². The summed E-state index contributed by atoms with van der Waals surface area (Å²) in [4.78, 5) is 25.5. The standard InChI is InChI=1S/C21H25N3O3/c1-14-10-18(14)19-7-6-17(27-19)12-22-11-15-2-4-16(5-3-15)21(26)24-9-8-23-20(25)13-24/h2-7,14,18,22H,8-13H2,1H3,(H,23,25). The molecule has 142 valence electrons. The van der Waals surface area contributed by atoms with Crippen LogP contribution in [-0.4, -0.2) is 36.3 Å². The predicted octanol–water partition coefficient (Wildman–Crippen LogP) is 2.26. The molecule has 1 aliphatic heterocycles. The highest BCUT2D eigenvalue weighted by molar-refractivity contribution is 5.97. The molecule has 0 radical (unpaired) electrons. The lowest BCUT2D eigenvalue weighted by Crippen LogP contribution is -2.49. The Morgan fingerprint density at radius 2 is 2.00 bits per heavy atom. The molecule has 1 saturated carbocycles. The van der Waals surface area contributed by atoms with Gasteiger partial charge in [0.2, 0.25) is 5.91 Å². The Balaban J connectivity index is 1.27. The van der Waals surface area contributed by atoms with Crippen LogP contribution >= 0.6 is 0 Å². The van der Waals surface area contributed by atoms with Gasteiger partial charge in [0, 0.05) is 31.1 Å². The Hall–Kier alpha value is -2.60. The quantitative estimate of drug-likeness (QED) is 0.821. The molecule has 6 nitrogen and oxygen atoms in total. The number of carbonyl (C=O) groups is 2. The first kappa shape index (κ1) is 17.8. The molecule has 1 saturated heterocycles. The fourth-order valence-corrected chi connectivity index (χ4v) is 3.50. The lowest BCUT2D eigenvalue weighted by atomic mass is 10.1. The number of piperazine rings is 1. The second kappa shape index (κ2) is 7.56. The van der Waals surface area contributed by atoms with Gasteiger partial charge < -0.3 is 20.0 Å². The summed E-state index contributed by atoms with van der Waals surface area (Å²) in [5.41, 5.74) is 1.72. The van der Waals surface area contributed by atoms with Gasteiger partial charge in [-0.1, -0.05) is 19.1 Å². The lowest BCUT2D eigenvalue weighted by Gasteiger charge is -2.26. The van der Waals surface area contributed by atoms with Crippen LogP contribution in [0.1, 0.15) is 46.7 Å². The summed E-state index contributed by atoms with van der Waals surface area (Å²) in [5, 5.41) is 6.11. The lowest BCUT2D eigenvalue weighted by molar-refractivity contribution is -0.123. The van der Waals surface area contributed by atoms with E-state index in [9.17, 15) is 9.59 Å². The molecule has 27 heavy (non-hydrogen) atoms. The van der Waals surface area contributed by atoms with Gasteiger partial charge >= 0.3 is 0 Å². The van der Waals surface area contributed by atoms with Crippen LogP contribution in [0.15, 0.2) is 40.8 Å². The van der Waals surface area contributed by atoms with E-state index < -0.39 is 0 Å². The van der Waals surface area contributed by atoms with E-state index in [2.05, 4.69) is 23.6 Å². The monoisotopic (exact) mass is 367 g/mol. The summed E-state index contributed by atoms with van der Waals surface area (Å²) in [6, 6.07) is 11.7. The highest BCUT2D eigenvalue weighted by Crippen LogP contribution is 2.47. The molecular formula is C21H25N3O3. The SMILES string of the molecule is CC1CC1c1ccc(CNCc2ccc(C(=O)N3CCNC(=O)C3)cc2)o1. The van der Waals surface area contributed by atoms with E-state index in [0.29, 0.717) is 37.7 Å². The topological polar surface area (TPSA) is 74.6 Å². The van der Waals surface area contributed by atoms with Crippen LogP contribution in [-0.2, 0) is 17.9 Å². The number of nitrogens with zero attached hydrogens (tertiary/aromatic N) is 1. The van der Waals surface area contributed by atoms with Crippen molar-refractivity contribution in [2.24, 2.45) is 5.92 Å². The molecule has 1 aliphatic carbocycles. The van der Waals surface area contributed by atoms with Crippen molar-refractivity contribution in [1.82, 2.24) is 15.5 Å². The van der Waals surface area contributed by atoms with Gasteiger partial charge in [-0.3, -0.25) is 9.59 Å². The highest BCUT2D eigenvalue weighted by atomic mass is 16.3. The molecular weight excluding hydrogens is 342 g/mol. The second-order valence-corrected chi connectivity index (χ2v) is 7.50. The van der Waals surface area contributed by atoms with Crippen molar-refractivity contribution in [3.63, 3.8) is 0 Å². The highest BCUT2D eigenvalue weighted by Gasteiger charge is 2.36. The van der Waals surface area contributed by atoms with Crippen LogP contribution < -0.4 is 10.6 Å². The summed E-state index contributed by atoms with van der Waals surface area (Å²) >= 11 is 0. The summed E-state index contributed by atoms with van der Waals surface area (Å²) in [6.07, 6.45) is 1.23. The fraction of sp³-hybridized carbons (Fsp3) is 0.429. The number of rotatable bonds is 6. The van der Waals surface area contributed by atoms with Crippen LogP contribution in [0.3, 0.4) is 0 Å². The van der Waals surface area contributed by atoms with E-state index in [0.717, 1.165) is 23.0 Å². The van der Waals surface area contributed by atoms with Crippen molar-refractivity contribution in [1.29, 1.82) is 0 Å². The molecule has 2 aliphatic rings. The van der Waals surface area contributed by atoms with E-state index in [1.54, 1.807) is 4.90 Å². The molecule has 2 atom stereocenters. The number of furan rings is 1. The van der Waals surface area contributed by atoms with Crippen LogP contribution in [0.4, 0.5) is 0 Å². The number of carbonyl (C=O) groups excluding carboxylic acids is 2. The van der Waals surface area contributed by atoms with Gasteiger partial charge in [0.05, 0.1) is 13.1 Å². The van der Waals surface area contributed by atoms with Gasteiger partial charge in [-0.05, 0) is 42.2 Å². The molecule has 4 rings (SSSR count). The predicted molar refractivity (Wildman–Crippen MR) is 101 cm³/mol. The first-order valence-electron chi connectivity index (χ1n) is 9.54. The molecule has 0 bridgehead atoms. The smallest absolute Gasteiger partial charge is 0.254 e. The fourth-order valence-electron chi connectivity index (χ4n) is 3.50. The number of hydrogen-bond acceptors (Lipinski definition) is 4. The van der Waals surface area contributed by atoms with Crippen LogP contribution in [0, 0.1) is 5.92 Å². The molecule has 6 heteroatoms. The van der Waals surface area contributed by atoms with Gasteiger partial charge in [0.25, 0.3) is 5.91 Å². The number of nitrogens with one attached hydrogen (secondary N) is 2. The first-order valence-corrected chi connectivity index (χ1v) is 9.54. The molecule has 1 aromatic heterocycles. The molecule has 2 aromatic rings. The molecule has 2 heterocycles. The molecule has 2 N–H and O–H groups in total. The molecule has 2 unspecified atom stereocenters. The zero-order chi connectivity index (χ0) is 18.8. The van der Waals surface area contributed by atoms with Crippen molar-refractivity contribution in [3.8, 4) is 0 Å². The maximum Gasteiger partial charge on any atom is 0.254 e. The van der Waals surface area contributed by atoms with E-state index in [1.807, 2.05) is 30.3 Å². The van der Waals surface area contributed by atoms with Gasteiger partial charge in [0.15, 0.2) is 0 Å². The minimum Gasteiger partial charge on any atom is -0.464 e. The average Bonchev–Trinajstić information content (AvgIpc) is 3.22. The zero-order valence-corrected chi connectivity index (χ0v) is 15.5. The van der Waals surface area contributed by atoms with Gasteiger partial charge in [-0.25, -0.2) is 0 Å². The van der Waals surface area contributed by atoms with E-state index in [1.165, 1.54) is 6.42 Å². The maximum atomic E-state index is 12.5. The van der Waals surface area contributed by atoms with Gasteiger partial charge in [-0.15, -0.1) is 0 Å². The number of benzene rings is 1. The Morgan fingerprint density at radius 3 is 2.70 bits per heavy atom. The molecule has 0 spiro atoms. The summed E-state index contributed by atoms with van der Waals surface area (Å²) in [6.45, 7) is 4.84. The van der Waals surface area contributed by atoms with Crippen molar-refractivity contribution in [2.75, 3.05) is 19.6 Å². The van der Waals surface area contributed by atoms with Gasteiger partial charge in [0.1, 0.15) is 11.5 Å². The molecule has 2 fully saturated rings. The van der Waals surface area contributed by atoms with E-state index in [4.69, 9.17) is 4.42 Å². The van der Waals surface area contributed by atoms with Crippen LogP contribution in [0.25, 0.3) is 0 Å². The Labute approximate surface area is 158 Å². The van der Waals surface area contributed by atoms with Crippen molar-refractivity contribution in [2.45, 2.75) is 32.4 Å². The Bertz CT molecular complexity index is 827. The van der Waals surface area contributed by atoms with E-state index >= 15 is 0 Å². The molecule has 1 aromatic carbocycles. The first-order chi connectivity index (χ1) is 13.1. The molecule has 2 amide bonds. The van der Waals surface area contributed by atoms with Crippen LogP contribution in [0.5, 0.6) is 0 Å². The normalized spacial score (nSPS) is 21.8. The van der Waals surface area contributed by atoms with Crippen molar-refractivity contribution in [3.05, 3.63) is 59.0 Å². The summed E-state index contributed by atoms with van der Waals surface area (Å²) < 4.78 is 5.90. The summed E-state index contributed by atoms with van der Waals surface area (Å²) in [7, 11) is 0. The number of hydrogen-bond donors (Lipinski definition) is 2. The van der Waals surface area contributed by atoms with E-state index in [-0.39, 0.29) is 18.4 Å². The number of amides is 2.